The second kappa shape index (κ2) is 17.0. The first kappa shape index (κ1) is 33.3. The minimum atomic E-state index is -1.33. The van der Waals surface area contributed by atoms with Crippen LogP contribution in [0.1, 0.15) is 37.8 Å². The van der Waals surface area contributed by atoms with Gasteiger partial charge in [-0.25, -0.2) is 4.39 Å². The first-order valence-corrected chi connectivity index (χ1v) is 14.4. The molecule has 2 aromatic carbocycles. The van der Waals surface area contributed by atoms with Crippen LogP contribution in [0.2, 0.25) is 5.02 Å². The minimum absolute atomic E-state index is 0.0754. The summed E-state index contributed by atoms with van der Waals surface area (Å²) in [6.07, 6.45) is 2.24. The zero-order valence-corrected chi connectivity index (χ0v) is 24.5. The summed E-state index contributed by atoms with van der Waals surface area (Å²) in [5.41, 5.74) is 6.20. The molecule has 0 spiro atoms. The summed E-state index contributed by atoms with van der Waals surface area (Å²) < 4.78 is 24.3. The predicted octanol–water partition coefficient (Wildman–Crippen LogP) is 3.35. The van der Waals surface area contributed by atoms with Crippen molar-refractivity contribution in [2.24, 2.45) is 5.73 Å². The smallest absolute Gasteiger partial charge is 0.267 e. The molecule has 3 rings (SSSR count). The van der Waals surface area contributed by atoms with Gasteiger partial charge in [-0.05, 0) is 58.0 Å². The van der Waals surface area contributed by atoms with E-state index >= 15 is 0 Å². The molecule has 0 radical (unpaired) electrons. The Bertz CT molecular complexity index is 1180. The van der Waals surface area contributed by atoms with Crippen LogP contribution >= 0.6 is 20.0 Å². The summed E-state index contributed by atoms with van der Waals surface area (Å²) in [5, 5.41) is 14.7. The van der Waals surface area contributed by atoms with E-state index in [0.29, 0.717) is 44.0 Å². The third-order valence-electron chi connectivity index (χ3n) is 5.83. The van der Waals surface area contributed by atoms with Crippen molar-refractivity contribution in [3.63, 3.8) is 0 Å². The summed E-state index contributed by atoms with van der Waals surface area (Å²) >= 11 is 5.55. The highest BCUT2D eigenvalue weighted by atomic mass is 35.5. The predicted molar refractivity (Wildman–Crippen MR) is 156 cm³/mol. The van der Waals surface area contributed by atoms with E-state index in [0.717, 1.165) is 18.0 Å². The van der Waals surface area contributed by atoms with E-state index in [1.165, 1.54) is 11.0 Å². The van der Waals surface area contributed by atoms with Gasteiger partial charge >= 0.3 is 0 Å². The Labute approximate surface area is 240 Å². The molecule has 2 aromatic rings. The van der Waals surface area contributed by atoms with E-state index < -0.39 is 20.3 Å². The van der Waals surface area contributed by atoms with Crippen LogP contribution in [0.25, 0.3) is 0 Å². The van der Waals surface area contributed by atoms with E-state index in [2.05, 4.69) is 10.6 Å². The molecule has 40 heavy (non-hydrogen) atoms. The van der Waals surface area contributed by atoms with Gasteiger partial charge in [-0.3, -0.25) is 15.0 Å². The molecular weight excluding hydrogens is 560 g/mol. The van der Waals surface area contributed by atoms with Gasteiger partial charge < -0.3 is 35.1 Å². The van der Waals surface area contributed by atoms with Crippen LogP contribution in [0.5, 0.6) is 0 Å². The van der Waals surface area contributed by atoms with Crippen molar-refractivity contribution >= 4 is 54.8 Å². The number of amides is 2. The van der Waals surface area contributed by atoms with Crippen molar-refractivity contribution in [2.45, 2.75) is 39.3 Å². The molecule has 5 N–H and O–H groups in total. The molecule has 0 saturated carbocycles. The zero-order valence-electron chi connectivity index (χ0n) is 22.8. The molecule has 2 amide bonds. The van der Waals surface area contributed by atoms with Gasteiger partial charge in [0.05, 0.1) is 30.8 Å². The third kappa shape index (κ3) is 9.31. The van der Waals surface area contributed by atoms with Crippen molar-refractivity contribution in [1.82, 2.24) is 10.2 Å². The number of hydrogen-bond donors (Lipinski definition) is 4. The van der Waals surface area contributed by atoms with Crippen LogP contribution in [-0.4, -0.2) is 68.1 Å². The van der Waals surface area contributed by atoms with E-state index in [9.17, 15) is 18.8 Å². The second-order valence-corrected chi connectivity index (χ2v) is 10.5. The molecule has 1 aliphatic rings. The van der Waals surface area contributed by atoms with Crippen LogP contribution < -0.4 is 21.7 Å². The van der Waals surface area contributed by atoms with Gasteiger partial charge in [-0.15, -0.1) is 0 Å². The van der Waals surface area contributed by atoms with E-state index in [4.69, 9.17) is 31.8 Å². The number of nitrogens with two attached hydrogens (primary N) is 1. The second-order valence-electron chi connectivity index (χ2n) is 8.59. The fraction of sp³-hybridized carbons (Fsp3) is 0.407. The topological polar surface area (TPSA) is 147 Å². The number of carbonyl (C=O) groups is 3. The lowest BCUT2D eigenvalue weighted by atomic mass is 10.1. The molecule has 1 atom stereocenters. The van der Waals surface area contributed by atoms with E-state index in [1.54, 1.807) is 37.4 Å². The number of nitrogens with one attached hydrogen (secondary N) is 3. The average molecular weight is 596 g/mol. The molecule has 1 saturated heterocycles. The molecule has 0 bridgehead atoms. The van der Waals surface area contributed by atoms with Crippen LogP contribution in [-0.2, 0) is 30.0 Å². The van der Waals surface area contributed by atoms with Crippen LogP contribution in [0.15, 0.2) is 36.4 Å². The van der Waals surface area contributed by atoms with Crippen LogP contribution in [0, 0.1) is 11.2 Å². The number of halogens is 2. The molecule has 1 fully saturated rings. The maximum atomic E-state index is 13.0. The Hall–Kier alpha value is -2.95. The van der Waals surface area contributed by atoms with Crippen LogP contribution in [0.4, 0.5) is 10.1 Å². The molecule has 0 aromatic heterocycles. The number of benzene rings is 2. The van der Waals surface area contributed by atoms with Gasteiger partial charge in [0.15, 0.2) is 0 Å². The maximum absolute atomic E-state index is 13.0. The maximum Gasteiger partial charge on any atom is 0.267 e. The molecule has 13 heteroatoms. The van der Waals surface area contributed by atoms with Crippen molar-refractivity contribution in [1.29, 1.82) is 5.41 Å². The lowest BCUT2D eigenvalue weighted by Crippen LogP contribution is -2.40. The molecule has 218 valence electrons. The van der Waals surface area contributed by atoms with Crippen molar-refractivity contribution < 1.29 is 27.8 Å². The number of anilines is 1. The first-order chi connectivity index (χ1) is 19.2. The van der Waals surface area contributed by atoms with Gasteiger partial charge in [0.2, 0.25) is 14.3 Å². The number of likely N-dealkylation sites (tertiary alicyclic amines) is 1. The van der Waals surface area contributed by atoms with Gasteiger partial charge in [0.25, 0.3) is 5.91 Å². The Morgan fingerprint density at radius 1 is 1.25 bits per heavy atom. The fourth-order valence-corrected chi connectivity index (χ4v) is 5.42. The lowest BCUT2D eigenvalue weighted by molar-refractivity contribution is -0.132. The summed E-state index contributed by atoms with van der Waals surface area (Å²) in [6.45, 7) is 5.63. The quantitative estimate of drug-likeness (QED) is 0.158. The van der Waals surface area contributed by atoms with Gasteiger partial charge in [0, 0.05) is 35.2 Å². The highest BCUT2D eigenvalue weighted by Gasteiger charge is 2.28. The zero-order chi connectivity index (χ0) is 29.7. The summed E-state index contributed by atoms with van der Waals surface area (Å²) in [6, 6.07) is 9.60. The Kier molecular flexibility index (Phi) is 14.1. The Morgan fingerprint density at radius 2 is 1.95 bits per heavy atom. The molecule has 0 aliphatic carbocycles. The number of hydrogen-bond acceptors (Lipinski definition) is 8. The molecule has 10 nitrogen and oxygen atoms in total. The first-order valence-electron chi connectivity index (χ1n) is 12.8. The van der Waals surface area contributed by atoms with E-state index in [1.807, 2.05) is 13.8 Å². The standard InChI is InChI=1S/C19H27N4O5P.C8H9ClFN/c1-3-27-29(28-4-2)14-7-8-15(18(20)19(21)26)16(10-14)22-11-17(25)23-9-5-6-13(23)12-24;1-11-5-6-3-2-4-7(9)8(6)10/h7-8,10,12-13,20,22H,3-6,9,11H2,1-2H3,(H2,21,26);2-4,11H,5H2,1H3. The third-order valence-corrected chi connectivity index (χ3v) is 7.81. The van der Waals surface area contributed by atoms with Crippen molar-refractivity contribution in [2.75, 3.05) is 38.7 Å². The summed E-state index contributed by atoms with van der Waals surface area (Å²) in [5.74, 6) is -1.42. The van der Waals surface area contributed by atoms with Gasteiger partial charge in [-0.2, -0.15) is 0 Å². The number of aldehydes is 1. The molecule has 1 heterocycles. The number of carbonyl (C=O) groups excluding carboxylic acids is 3. The van der Waals surface area contributed by atoms with Crippen molar-refractivity contribution in [3.05, 3.63) is 58.4 Å². The Morgan fingerprint density at radius 3 is 2.55 bits per heavy atom. The summed E-state index contributed by atoms with van der Waals surface area (Å²) in [4.78, 5) is 36.7. The van der Waals surface area contributed by atoms with Gasteiger partial charge in [-0.1, -0.05) is 23.7 Å². The monoisotopic (exact) mass is 595 g/mol. The lowest BCUT2D eigenvalue weighted by Gasteiger charge is -2.22. The van der Waals surface area contributed by atoms with E-state index in [-0.39, 0.29) is 34.6 Å². The Balaban J connectivity index is 0.000000425. The molecule has 1 unspecified atom stereocenters. The normalized spacial score (nSPS) is 14.4. The highest BCUT2D eigenvalue weighted by Crippen LogP contribution is 2.38. The average Bonchev–Trinajstić information content (AvgIpc) is 3.43. The fourth-order valence-electron chi connectivity index (χ4n) is 3.96. The van der Waals surface area contributed by atoms with Gasteiger partial charge in [0.1, 0.15) is 17.8 Å². The van der Waals surface area contributed by atoms with Crippen LogP contribution in [0.3, 0.4) is 0 Å². The molecular formula is C27H36ClFN5O5P. The largest absolute Gasteiger partial charge is 0.376 e. The highest BCUT2D eigenvalue weighted by molar-refractivity contribution is 7.56. The number of nitrogens with zero attached hydrogens (tertiary/aromatic N) is 1. The van der Waals surface area contributed by atoms with Crippen molar-refractivity contribution in [3.8, 4) is 0 Å². The number of rotatable bonds is 13. The SMILES string of the molecule is CCOP(OCC)c1ccc(C(=N)C(N)=O)c(NCC(=O)N2CCCC2C=O)c1.CNCc1cccc(Cl)c1F. The molecule has 1 aliphatic heterocycles. The number of primary amides is 1. The minimum Gasteiger partial charge on any atom is -0.376 e. The summed E-state index contributed by atoms with van der Waals surface area (Å²) in [7, 11) is 0.432.